The smallest absolute Gasteiger partial charge is 0.120 e. The van der Waals surface area contributed by atoms with Gasteiger partial charge in [-0.15, -0.1) is 0 Å². The SMILES string of the molecule is N[C@H](CO)c1ccc(Br)c(Br)n1. The van der Waals surface area contributed by atoms with Gasteiger partial charge in [-0.2, -0.15) is 0 Å². The first kappa shape index (κ1) is 10.1. The van der Waals surface area contributed by atoms with Crippen LogP contribution in [0.15, 0.2) is 21.2 Å². The number of nitrogens with two attached hydrogens (primary N) is 1. The number of rotatable bonds is 2. The van der Waals surface area contributed by atoms with E-state index in [0.717, 1.165) is 4.47 Å². The lowest BCUT2D eigenvalue weighted by molar-refractivity contribution is 0.266. The standard InChI is InChI=1S/C7H8Br2N2O/c8-4-1-2-6(5(10)3-12)11-7(4)9/h1-2,5,12H,3,10H2/t5-/m1/s1. The molecule has 0 aromatic carbocycles. The van der Waals surface area contributed by atoms with Gasteiger partial charge in [0, 0.05) is 0 Å². The number of aromatic nitrogens is 1. The van der Waals surface area contributed by atoms with Gasteiger partial charge >= 0.3 is 0 Å². The summed E-state index contributed by atoms with van der Waals surface area (Å²) >= 11 is 6.54. The number of aliphatic hydroxyl groups is 1. The number of nitrogens with zero attached hydrogens (tertiary/aromatic N) is 1. The lowest BCUT2D eigenvalue weighted by atomic mass is 10.2. The highest BCUT2D eigenvalue weighted by Crippen LogP contribution is 2.22. The largest absolute Gasteiger partial charge is 0.394 e. The summed E-state index contributed by atoms with van der Waals surface area (Å²) in [6, 6.07) is 3.20. The van der Waals surface area contributed by atoms with Crippen LogP contribution in [0.1, 0.15) is 11.7 Å². The maximum atomic E-state index is 8.76. The molecule has 3 nitrogen and oxygen atoms in total. The van der Waals surface area contributed by atoms with Gasteiger partial charge < -0.3 is 10.8 Å². The minimum Gasteiger partial charge on any atom is -0.394 e. The lowest BCUT2D eigenvalue weighted by Crippen LogP contribution is -2.15. The second kappa shape index (κ2) is 4.32. The molecular formula is C7H8Br2N2O. The molecule has 0 spiro atoms. The van der Waals surface area contributed by atoms with Crippen molar-refractivity contribution in [3.8, 4) is 0 Å². The van der Waals surface area contributed by atoms with Crippen LogP contribution < -0.4 is 5.73 Å². The first-order valence-electron chi connectivity index (χ1n) is 3.33. The number of hydrogen-bond donors (Lipinski definition) is 2. The third-order valence-corrected chi connectivity index (χ3v) is 3.18. The molecule has 0 aliphatic rings. The van der Waals surface area contributed by atoms with E-state index in [1.165, 1.54) is 0 Å². The first-order chi connectivity index (χ1) is 5.65. The Hall–Kier alpha value is 0.0300. The molecule has 1 atom stereocenters. The Balaban J connectivity index is 2.96. The summed E-state index contributed by atoms with van der Waals surface area (Å²) < 4.78 is 1.57. The van der Waals surface area contributed by atoms with Crippen molar-refractivity contribution in [1.82, 2.24) is 4.98 Å². The molecule has 1 rings (SSSR count). The van der Waals surface area contributed by atoms with Crippen LogP contribution in [0.3, 0.4) is 0 Å². The Bertz CT molecular complexity index is 280. The van der Waals surface area contributed by atoms with Gasteiger partial charge in [0.15, 0.2) is 0 Å². The van der Waals surface area contributed by atoms with Gasteiger partial charge in [-0.05, 0) is 44.0 Å². The average Bonchev–Trinajstić information content (AvgIpc) is 2.08. The summed E-state index contributed by atoms with van der Waals surface area (Å²) in [5.74, 6) is 0. The Morgan fingerprint density at radius 1 is 1.50 bits per heavy atom. The molecule has 0 fully saturated rings. The summed E-state index contributed by atoms with van der Waals surface area (Å²) in [6.07, 6.45) is 0. The van der Waals surface area contributed by atoms with E-state index in [9.17, 15) is 0 Å². The van der Waals surface area contributed by atoms with E-state index < -0.39 is 6.04 Å². The van der Waals surface area contributed by atoms with E-state index in [0.29, 0.717) is 10.3 Å². The van der Waals surface area contributed by atoms with Gasteiger partial charge in [0.2, 0.25) is 0 Å². The quantitative estimate of drug-likeness (QED) is 0.815. The molecule has 0 aliphatic heterocycles. The normalized spacial score (nSPS) is 13.0. The highest BCUT2D eigenvalue weighted by Gasteiger charge is 2.07. The fourth-order valence-corrected chi connectivity index (χ4v) is 1.29. The van der Waals surface area contributed by atoms with Gasteiger partial charge in [-0.1, -0.05) is 0 Å². The van der Waals surface area contributed by atoms with E-state index >= 15 is 0 Å². The van der Waals surface area contributed by atoms with Crippen LogP contribution in [0.25, 0.3) is 0 Å². The van der Waals surface area contributed by atoms with Crippen molar-refractivity contribution in [3.05, 3.63) is 26.9 Å². The van der Waals surface area contributed by atoms with Crippen molar-refractivity contribution in [3.63, 3.8) is 0 Å². The van der Waals surface area contributed by atoms with E-state index in [2.05, 4.69) is 36.8 Å². The van der Waals surface area contributed by atoms with Gasteiger partial charge in [0.1, 0.15) is 4.60 Å². The van der Waals surface area contributed by atoms with E-state index in [1.807, 2.05) is 6.07 Å². The molecule has 0 unspecified atom stereocenters. The van der Waals surface area contributed by atoms with Crippen molar-refractivity contribution in [2.45, 2.75) is 6.04 Å². The predicted octanol–water partition coefficient (Wildman–Crippen LogP) is 1.60. The Labute approximate surface area is 87.3 Å². The third-order valence-electron chi connectivity index (χ3n) is 1.40. The average molecular weight is 296 g/mol. The van der Waals surface area contributed by atoms with E-state index in [-0.39, 0.29) is 6.61 Å². The van der Waals surface area contributed by atoms with Crippen LogP contribution in [-0.4, -0.2) is 16.7 Å². The van der Waals surface area contributed by atoms with Crippen molar-refractivity contribution < 1.29 is 5.11 Å². The molecule has 5 heteroatoms. The number of halogens is 2. The van der Waals surface area contributed by atoms with Crippen LogP contribution in [-0.2, 0) is 0 Å². The van der Waals surface area contributed by atoms with Gasteiger partial charge in [-0.3, -0.25) is 0 Å². The topological polar surface area (TPSA) is 59.1 Å². The molecule has 0 saturated carbocycles. The van der Waals surface area contributed by atoms with Crippen LogP contribution in [0.4, 0.5) is 0 Å². The third kappa shape index (κ3) is 2.26. The number of aliphatic hydroxyl groups excluding tert-OH is 1. The lowest BCUT2D eigenvalue weighted by Gasteiger charge is -2.07. The monoisotopic (exact) mass is 294 g/mol. The fourth-order valence-electron chi connectivity index (χ4n) is 0.731. The van der Waals surface area contributed by atoms with E-state index in [4.69, 9.17) is 10.8 Å². The first-order valence-corrected chi connectivity index (χ1v) is 4.92. The van der Waals surface area contributed by atoms with Gasteiger partial charge in [-0.25, -0.2) is 4.98 Å². The summed E-state index contributed by atoms with van der Waals surface area (Å²) in [6.45, 7) is -0.0962. The molecule has 0 aliphatic carbocycles. The van der Waals surface area contributed by atoms with Crippen LogP contribution >= 0.6 is 31.9 Å². The van der Waals surface area contributed by atoms with Crippen molar-refractivity contribution in [2.24, 2.45) is 5.73 Å². The molecule has 12 heavy (non-hydrogen) atoms. The number of hydrogen-bond acceptors (Lipinski definition) is 3. The minimum absolute atomic E-state index is 0.0962. The second-order valence-corrected chi connectivity index (χ2v) is 3.90. The predicted molar refractivity (Wildman–Crippen MR) is 53.7 cm³/mol. The zero-order chi connectivity index (χ0) is 9.14. The summed E-state index contributed by atoms with van der Waals surface area (Å²) in [7, 11) is 0. The Morgan fingerprint density at radius 3 is 2.67 bits per heavy atom. The Morgan fingerprint density at radius 2 is 2.17 bits per heavy atom. The molecule has 66 valence electrons. The minimum atomic E-state index is -0.408. The fraction of sp³-hybridized carbons (Fsp3) is 0.286. The maximum absolute atomic E-state index is 8.76. The molecule has 1 aromatic heterocycles. The maximum Gasteiger partial charge on any atom is 0.120 e. The van der Waals surface area contributed by atoms with Crippen LogP contribution in [0.5, 0.6) is 0 Å². The number of pyridine rings is 1. The van der Waals surface area contributed by atoms with Crippen LogP contribution in [0.2, 0.25) is 0 Å². The molecule has 1 aromatic rings. The van der Waals surface area contributed by atoms with Crippen LogP contribution in [0, 0.1) is 0 Å². The van der Waals surface area contributed by atoms with Gasteiger partial charge in [0.25, 0.3) is 0 Å². The Kier molecular flexibility index (Phi) is 3.64. The summed E-state index contributed by atoms with van der Waals surface area (Å²) in [5, 5.41) is 8.76. The molecule has 0 amide bonds. The summed E-state index contributed by atoms with van der Waals surface area (Å²) in [4.78, 5) is 4.13. The second-order valence-electron chi connectivity index (χ2n) is 2.30. The molecule has 1 heterocycles. The van der Waals surface area contributed by atoms with Crippen molar-refractivity contribution in [2.75, 3.05) is 6.61 Å². The molecule has 0 saturated heterocycles. The molecular weight excluding hydrogens is 288 g/mol. The zero-order valence-electron chi connectivity index (χ0n) is 6.17. The molecule has 3 N–H and O–H groups in total. The molecule has 0 bridgehead atoms. The summed E-state index contributed by atoms with van der Waals surface area (Å²) in [5.41, 5.74) is 6.24. The van der Waals surface area contributed by atoms with Crippen molar-refractivity contribution in [1.29, 1.82) is 0 Å². The molecule has 0 radical (unpaired) electrons. The van der Waals surface area contributed by atoms with Crippen molar-refractivity contribution >= 4 is 31.9 Å². The highest BCUT2D eigenvalue weighted by molar-refractivity contribution is 9.13. The zero-order valence-corrected chi connectivity index (χ0v) is 9.34. The van der Waals surface area contributed by atoms with Gasteiger partial charge in [0.05, 0.1) is 22.8 Å². The van der Waals surface area contributed by atoms with E-state index in [1.54, 1.807) is 6.07 Å². The highest BCUT2D eigenvalue weighted by atomic mass is 79.9.